The molecule has 0 aliphatic heterocycles. The number of esters is 1. The molecule has 0 bridgehead atoms. The van der Waals surface area contributed by atoms with Crippen molar-refractivity contribution in [3.63, 3.8) is 0 Å². The van der Waals surface area contributed by atoms with E-state index in [1.807, 2.05) is 17.5 Å². The molecule has 1 aromatic carbocycles. The summed E-state index contributed by atoms with van der Waals surface area (Å²) in [5.74, 6) is -1.33. The van der Waals surface area contributed by atoms with Crippen LogP contribution in [0.15, 0.2) is 47.9 Å². The van der Waals surface area contributed by atoms with Gasteiger partial charge in [-0.05, 0) is 23.6 Å². The van der Waals surface area contributed by atoms with Crippen LogP contribution >= 0.6 is 11.3 Å². The Hall–Kier alpha value is -3.00. The number of nitro benzene ring substituents is 1. The third-order valence-corrected chi connectivity index (χ3v) is 3.48. The monoisotopic (exact) mass is 332 g/mol. The van der Waals surface area contributed by atoms with E-state index < -0.39 is 23.4 Å². The zero-order valence-electron chi connectivity index (χ0n) is 11.8. The molecule has 0 atom stereocenters. The van der Waals surface area contributed by atoms with Gasteiger partial charge in [-0.1, -0.05) is 18.2 Å². The topological polar surface area (TPSA) is 98.5 Å². The van der Waals surface area contributed by atoms with E-state index in [9.17, 15) is 19.7 Å². The molecule has 1 amide bonds. The molecule has 0 aliphatic rings. The Kier molecular flexibility index (Phi) is 5.59. The Balaban J connectivity index is 1.86. The molecule has 0 radical (unpaired) electrons. The highest BCUT2D eigenvalue weighted by Crippen LogP contribution is 2.22. The van der Waals surface area contributed by atoms with Crippen LogP contribution in [-0.4, -0.2) is 23.4 Å². The number of nitrogens with one attached hydrogen (secondary N) is 1. The molecule has 118 valence electrons. The number of rotatable bonds is 6. The quantitative estimate of drug-likeness (QED) is 0.379. The molecule has 0 unspecified atom stereocenters. The van der Waals surface area contributed by atoms with Gasteiger partial charge < -0.3 is 10.1 Å². The first-order valence-corrected chi connectivity index (χ1v) is 7.36. The zero-order chi connectivity index (χ0) is 16.7. The molecule has 2 rings (SSSR count). The summed E-state index contributed by atoms with van der Waals surface area (Å²) in [6.45, 7) is -0.528. The molecule has 1 aromatic heterocycles. The first-order chi connectivity index (χ1) is 11.1. The van der Waals surface area contributed by atoms with Crippen LogP contribution in [-0.2, 0) is 14.3 Å². The Morgan fingerprint density at radius 3 is 2.74 bits per heavy atom. The lowest BCUT2D eigenvalue weighted by Gasteiger charge is -2.05. The number of anilines is 1. The number of carbonyl (C=O) groups is 2. The van der Waals surface area contributed by atoms with E-state index in [4.69, 9.17) is 4.74 Å². The highest BCUT2D eigenvalue weighted by molar-refractivity contribution is 7.10. The number of nitro groups is 1. The Morgan fingerprint density at radius 1 is 1.26 bits per heavy atom. The van der Waals surface area contributed by atoms with Crippen LogP contribution in [0.25, 0.3) is 6.08 Å². The maximum atomic E-state index is 11.7. The zero-order valence-corrected chi connectivity index (χ0v) is 12.6. The van der Waals surface area contributed by atoms with Gasteiger partial charge in [0.05, 0.1) is 4.92 Å². The van der Waals surface area contributed by atoms with Gasteiger partial charge in [0.25, 0.3) is 11.6 Å². The van der Waals surface area contributed by atoms with Crippen LogP contribution in [0, 0.1) is 10.1 Å². The summed E-state index contributed by atoms with van der Waals surface area (Å²) in [5, 5.41) is 15.0. The second kappa shape index (κ2) is 7.85. The first kappa shape index (κ1) is 16.4. The first-order valence-electron chi connectivity index (χ1n) is 6.48. The van der Waals surface area contributed by atoms with Crippen molar-refractivity contribution in [2.24, 2.45) is 0 Å². The molecule has 0 aliphatic carbocycles. The fraction of sp³-hybridized carbons (Fsp3) is 0.0667. The number of para-hydroxylation sites is 2. The van der Waals surface area contributed by atoms with Crippen LogP contribution in [0.2, 0.25) is 0 Å². The molecular weight excluding hydrogens is 320 g/mol. The molecular formula is C15H12N2O5S. The van der Waals surface area contributed by atoms with Crippen molar-refractivity contribution in [2.45, 2.75) is 0 Å². The van der Waals surface area contributed by atoms with E-state index in [-0.39, 0.29) is 11.4 Å². The lowest BCUT2D eigenvalue weighted by molar-refractivity contribution is -0.383. The van der Waals surface area contributed by atoms with Crippen molar-refractivity contribution in [1.29, 1.82) is 0 Å². The molecule has 2 aromatic rings. The smallest absolute Gasteiger partial charge is 0.331 e. The number of amides is 1. The molecule has 8 heteroatoms. The van der Waals surface area contributed by atoms with E-state index >= 15 is 0 Å². The van der Waals surface area contributed by atoms with Crippen LogP contribution < -0.4 is 5.32 Å². The third-order valence-electron chi connectivity index (χ3n) is 2.65. The Bertz CT molecular complexity index is 740. The lowest BCUT2D eigenvalue weighted by atomic mass is 10.2. The fourth-order valence-corrected chi connectivity index (χ4v) is 2.26. The number of hydrogen-bond donors (Lipinski definition) is 1. The molecule has 0 saturated carbocycles. The van der Waals surface area contributed by atoms with Crippen LogP contribution in [0.4, 0.5) is 11.4 Å². The van der Waals surface area contributed by atoms with E-state index in [0.29, 0.717) is 0 Å². The van der Waals surface area contributed by atoms with Crippen molar-refractivity contribution < 1.29 is 19.2 Å². The van der Waals surface area contributed by atoms with Crippen molar-refractivity contribution in [3.8, 4) is 0 Å². The summed E-state index contributed by atoms with van der Waals surface area (Å²) >= 11 is 1.46. The average molecular weight is 332 g/mol. The van der Waals surface area contributed by atoms with Crippen LogP contribution in [0.3, 0.4) is 0 Å². The number of thiophene rings is 1. The highest BCUT2D eigenvalue weighted by Gasteiger charge is 2.15. The van der Waals surface area contributed by atoms with Gasteiger partial charge in [0.2, 0.25) is 0 Å². The van der Waals surface area contributed by atoms with E-state index in [1.54, 1.807) is 12.1 Å². The van der Waals surface area contributed by atoms with Crippen LogP contribution in [0.1, 0.15) is 4.88 Å². The normalized spacial score (nSPS) is 10.4. The van der Waals surface area contributed by atoms with Crippen LogP contribution in [0.5, 0.6) is 0 Å². The fourth-order valence-electron chi connectivity index (χ4n) is 1.65. The van der Waals surface area contributed by atoms with Gasteiger partial charge in [0.15, 0.2) is 6.61 Å². The van der Waals surface area contributed by atoms with E-state index in [0.717, 1.165) is 4.88 Å². The minimum absolute atomic E-state index is 0.0488. The number of carbonyl (C=O) groups excluding carboxylic acids is 2. The van der Waals surface area contributed by atoms with Gasteiger partial charge in [-0.15, -0.1) is 11.3 Å². The molecule has 7 nitrogen and oxygen atoms in total. The average Bonchev–Trinajstić information content (AvgIpc) is 3.04. The number of ether oxygens (including phenoxy) is 1. The molecule has 0 fully saturated rings. The third kappa shape index (κ3) is 5.04. The molecule has 0 spiro atoms. The standard InChI is InChI=1S/C15H12N2O5S/c18-14(16-12-5-1-2-6-13(12)17(20)21)10-22-15(19)8-7-11-4-3-9-23-11/h1-9H,10H2,(H,16,18). The van der Waals surface area contributed by atoms with Gasteiger partial charge in [-0.2, -0.15) is 0 Å². The Morgan fingerprint density at radius 2 is 2.04 bits per heavy atom. The summed E-state index contributed by atoms with van der Waals surface area (Å²) in [5.41, 5.74) is -0.183. The van der Waals surface area contributed by atoms with Gasteiger partial charge in [-0.25, -0.2) is 4.79 Å². The maximum absolute atomic E-state index is 11.7. The summed E-state index contributed by atoms with van der Waals surface area (Å²) in [4.78, 5) is 34.3. The maximum Gasteiger partial charge on any atom is 0.331 e. The molecule has 0 saturated heterocycles. The predicted molar refractivity (Wildman–Crippen MR) is 86.0 cm³/mol. The summed E-state index contributed by atoms with van der Waals surface area (Å²) < 4.78 is 4.77. The molecule has 23 heavy (non-hydrogen) atoms. The van der Waals surface area contributed by atoms with Crippen molar-refractivity contribution in [2.75, 3.05) is 11.9 Å². The van der Waals surface area contributed by atoms with E-state index in [1.165, 1.54) is 35.6 Å². The number of benzene rings is 1. The van der Waals surface area contributed by atoms with Gasteiger partial charge in [-0.3, -0.25) is 14.9 Å². The minimum atomic E-state index is -0.670. The largest absolute Gasteiger partial charge is 0.452 e. The SMILES string of the molecule is O=C(COC(=O)C=Cc1cccs1)Nc1ccccc1[N+](=O)[O-]. The van der Waals surface area contributed by atoms with Crippen molar-refractivity contribution in [1.82, 2.24) is 0 Å². The van der Waals surface area contributed by atoms with Gasteiger partial charge in [0.1, 0.15) is 5.69 Å². The van der Waals surface area contributed by atoms with Gasteiger partial charge >= 0.3 is 5.97 Å². The number of nitrogens with zero attached hydrogens (tertiary/aromatic N) is 1. The summed E-state index contributed by atoms with van der Waals surface area (Å²) in [7, 11) is 0. The van der Waals surface area contributed by atoms with Crippen molar-refractivity contribution in [3.05, 3.63) is 62.8 Å². The molecule has 1 N–H and O–H groups in total. The summed E-state index contributed by atoms with van der Waals surface area (Å²) in [6, 6.07) is 9.38. The van der Waals surface area contributed by atoms with Crippen molar-refractivity contribution >= 4 is 40.7 Å². The predicted octanol–water partition coefficient (Wildman–Crippen LogP) is 2.85. The van der Waals surface area contributed by atoms with E-state index in [2.05, 4.69) is 5.32 Å². The highest BCUT2D eigenvalue weighted by atomic mass is 32.1. The Labute approximate surface area is 135 Å². The second-order valence-corrected chi connectivity index (χ2v) is 5.26. The molecule has 1 heterocycles. The van der Waals surface area contributed by atoms with Gasteiger partial charge in [0, 0.05) is 17.0 Å². The lowest BCUT2D eigenvalue weighted by Crippen LogP contribution is -2.20. The number of hydrogen-bond acceptors (Lipinski definition) is 6. The second-order valence-electron chi connectivity index (χ2n) is 4.28. The minimum Gasteiger partial charge on any atom is -0.452 e. The summed E-state index contributed by atoms with van der Waals surface area (Å²) in [6.07, 6.45) is 2.79.